The largest absolute Gasteiger partial charge is 0.416 e. The molecule has 0 radical (unpaired) electrons. The zero-order valence-electron chi connectivity index (χ0n) is 17.6. The SMILES string of the molecule is CN(C)C(=O)N1CCC(C(=O)NC(c2cccc(C(F)(F)F)c2)C(C)(C)C)CC1. The summed E-state index contributed by atoms with van der Waals surface area (Å²) in [5.41, 5.74) is -0.767. The van der Waals surface area contributed by atoms with Crippen molar-refractivity contribution in [2.45, 2.75) is 45.8 Å². The van der Waals surface area contributed by atoms with Crippen molar-refractivity contribution in [2.24, 2.45) is 11.3 Å². The number of hydrogen-bond donors (Lipinski definition) is 1. The Morgan fingerprint density at radius 1 is 1.14 bits per heavy atom. The summed E-state index contributed by atoms with van der Waals surface area (Å²) in [6.45, 7) is 6.63. The smallest absolute Gasteiger partial charge is 0.349 e. The number of rotatable bonds is 3. The third kappa shape index (κ3) is 5.87. The Hall–Kier alpha value is -2.25. The summed E-state index contributed by atoms with van der Waals surface area (Å²) in [5.74, 6) is -0.448. The summed E-state index contributed by atoms with van der Waals surface area (Å²) in [6, 6.07) is 4.48. The van der Waals surface area contributed by atoms with Gasteiger partial charge in [0.05, 0.1) is 11.6 Å². The van der Waals surface area contributed by atoms with Crippen molar-refractivity contribution >= 4 is 11.9 Å². The highest BCUT2D eigenvalue weighted by Gasteiger charge is 2.35. The average molecular weight is 413 g/mol. The zero-order valence-corrected chi connectivity index (χ0v) is 17.6. The van der Waals surface area contributed by atoms with Gasteiger partial charge >= 0.3 is 12.2 Å². The van der Waals surface area contributed by atoms with Crippen molar-refractivity contribution < 1.29 is 22.8 Å². The fourth-order valence-corrected chi connectivity index (χ4v) is 3.57. The third-order valence-electron chi connectivity index (χ3n) is 5.22. The summed E-state index contributed by atoms with van der Waals surface area (Å²) in [6.07, 6.45) is -3.37. The highest BCUT2D eigenvalue weighted by molar-refractivity contribution is 5.80. The predicted molar refractivity (Wildman–Crippen MR) is 105 cm³/mol. The minimum atomic E-state index is -4.44. The van der Waals surface area contributed by atoms with Gasteiger partial charge < -0.3 is 15.1 Å². The van der Waals surface area contributed by atoms with Crippen LogP contribution in [0, 0.1) is 11.3 Å². The highest BCUT2D eigenvalue weighted by atomic mass is 19.4. The van der Waals surface area contributed by atoms with Gasteiger partial charge in [-0.15, -0.1) is 0 Å². The van der Waals surface area contributed by atoms with Gasteiger partial charge in [0.2, 0.25) is 5.91 Å². The summed E-state index contributed by atoms with van der Waals surface area (Å²) in [5, 5.41) is 2.97. The van der Waals surface area contributed by atoms with E-state index in [0.29, 0.717) is 31.5 Å². The molecule has 1 N–H and O–H groups in total. The number of amides is 3. The Labute approximate surface area is 170 Å². The van der Waals surface area contributed by atoms with Gasteiger partial charge in [-0.25, -0.2) is 4.79 Å². The molecule has 1 heterocycles. The second-order valence-electron chi connectivity index (χ2n) is 8.87. The monoisotopic (exact) mass is 413 g/mol. The second-order valence-corrected chi connectivity index (χ2v) is 8.87. The van der Waals surface area contributed by atoms with E-state index in [4.69, 9.17) is 0 Å². The maximum absolute atomic E-state index is 13.1. The number of benzene rings is 1. The molecular weight excluding hydrogens is 383 g/mol. The Bertz CT molecular complexity index is 733. The molecule has 3 amide bonds. The van der Waals surface area contributed by atoms with Crippen LogP contribution in [0.4, 0.5) is 18.0 Å². The third-order valence-corrected chi connectivity index (χ3v) is 5.22. The number of alkyl halides is 3. The number of piperidine rings is 1. The molecule has 0 bridgehead atoms. The maximum Gasteiger partial charge on any atom is 0.416 e. The fraction of sp³-hybridized carbons (Fsp3) is 0.619. The molecule has 1 aromatic carbocycles. The van der Waals surface area contributed by atoms with Gasteiger partial charge in [0, 0.05) is 33.1 Å². The van der Waals surface area contributed by atoms with E-state index in [0.717, 1.165) is 12.1 Å². The predicted octanol–water partition coefficient (Wildman–Crippen LogP) is 4.30. The fourth-order valence-electron chi connectivity index (χ4n) is 3.57. The highest BCUT2D eigenvalue weighted by Crippen LogP contribution is 2.37. The first-order chi connectivity index (χ1) is 13.3. The van der Waals surface area contributed by atoms with E-state index in [-0.39, 0.29) is 17.9 Å². The number of carbonyl (C=O) groups excluding carboxylic acids is 2. The Morgan fingerprint density at radius 3 is 2.21 bits per heavy atom. The first-order valence-electron chi connectivity index (χ1n) is 9.74. The van der Waals surface area contributed by atoms with E-state index < -0.39 is 23.2 Å². The van der Waals surface area contributed by atoms with Crippen LogP contribution in [0.2, 0.25) is 0 Å². The molecule has 2 rings (SSSR count). The van der Waals surface area contributed by atoms with Gasteiger partial charge in [-0.2, -0.15) is 13.2 Å². The molecule has 1 aromatic rings. The van der Waals surface area contributed by atoms with Gasteiger partial charge in [-0.05, 0) is 36.0 Å². The first kappa shape index (κ1) is 23.0. The topological polar surface area (TPSA) is 52.7 Å². The Balaban J connectivity index is 2.12. The van der Waals surface area contributed by atoms with Crippen molar-refractivity contribution in [3.63, 3.8) is 0 Å². The summed E-state index contributed by atoms with van der Waals surface area (Å²) in [4.78, 5) is 28.1. The van der Waals surface area contributed by atoms with Gasteiger partial charge in [0.15, 0.2) is 0 Å². The van der Waals surface area contributed by atoms with E-state index in [2.05, 4.69) is 5.32 Å². The lowest BCUT2D eigenvalue weighted by Gasteiger charge is -2.36. The molecule has 29 heavy (non-hydrogen) atoms. The molecule has 8 heteroatoms. The maximum atomic E-state index is 13.1. The van der Waals surface area contributed by atoms with Gasteiger partial charge in [0.25, 0.3) is 0 Å². The number of urea groups is 1. The van der Waals surface area contributed by atoms with Crippen LogP contribution in [0.3, 0.4) is 0 Å². The Kier molecular flexibility index (Phi) is 6.86. The van der Waals surface area contributed by atoms with E-state index in [1.165, 1.54) is 11.0 Å². The van der Waals surface area contributed by atoms with Crippen LogP contribution >= 0.6 is 0 Å². The van der Waals surface area contributed by atoms with E-state index in [1.54, 1.807) is 25.1 Å². The molecule has 1 atom stereocenters. The standard InChI is InChI=1S/C21H30F3N3O2/c1-20(2,3)17(15-7-6-8-16(13-15)21(22,23)24)25-18(28)14-9-11-27(12-10-14)19(29)26(4)5/h6-8,13-14,17H,9-12H2,1-5H3,(H,25,28). The van der Waals surface area contributed by atoms with Crippen molar-refractivity contribution in [1.29, 1.82) is 0 Å². The quantitative estimate of drug-likeness (QED) is 0.803. The molecular formula is C21H30F3N3O2. The van der Waals surface area contributed by atoms with Crippen LogP contribution < -0.4 is 5.32 Å². The van der Waals surface area contributed by atoms with Crippen LogP contribution in [0.5, 0.6) is 0 Å². The van der Waals surface area contributed by atoms with Crippen molar-refractivity contribution in [3.8, 4) is 0 Å². The molecule has 1 aliphatic heterocycles. The first-order valence-corrected chi connectivity index (χ1v) is 9.74. The van der Waals surface area contributed by atoms with Crippen LogP contribution in [-0.2, 0) is 11.0 Å². The molecule has 5 nitrogen and oxygen atoms in total. The van der Waals surface area contributed by atoms with Crippen molar-refractivity contribution in [2.75, 3.05) is 27.2 Å². The van der Waals surface area contributed by atoms with Crippen LogP contribution in [0.15, 0.2) is 24.3 Å². The van der Waals surface area contributed by atoms with Gasteiger partial charge in [-0.1, -0.05) is 32.9 Å². The van der Waals surface area contributed by atoms with Crippen molar-refractivity contribution in [1.82, 2.24) is 15.1 Å². The minimum Gasteiger partial charge on any atom is -0.349 e. The molecule has 1 unspecified atom stereocenters. The summed E-state index contributed by atoms with van der Waals surface area (Å²) < 4.78 is 39.4. The molecule has 0 aliphatic carbocycles. The van der Waals surface area contributed by atoms with E-state index in [9.17, 15) is 22.8 Å². The number of likely N-dealkylation sites (tertiary alicyclic amines) is 1. The molecule has 1 aliphatic rings. The van der Waals surface area contributed by atoms with Crippen molar-refractivity contribution in [3.05, 3.63) is 35.4 Å². The molecule has 0 spiro atoms. The lowest BCUT2D eigenvalue weighted by Crippen LogP contribution is -2.47. The summed E-state index contributed by atoms with van der Waals surface area (Å²) in [7, 11) is 3.37. The normalized spacial score (nSPS) is 17.0. The number of nitrogens with one attached hydrogen (secondary N) is 1. The van der Waals surface area contributed by atoms with E-state index in [1.807, 2.05) is 20.8 Å². The molecule has 1 fully saturated rings. The molecule has 0 aromatic heterocycles. The molecule has 162 valence electrons. The zero-order chi connectivity index (χ0) is 22.0. The lowest BCUT2D eigenvalue weighted by atomic mass is 9.81. The lowest BCUT2D eigenvalue weighted by molar-refractivity contribution is -0.137. The van der Waals surface area contributed by atoms with Crippen LogP contribution in [-0.4, -0.2) is 48.9 Å². The summed E-state index contributed by atoms with van der Waals surface area (Å²) >= 11 is 0. The average Bonchev–Trinajstić information content (AvgIpc) is 2.63. The number of carbonyl (C=O) groups is 2. The van der Waals surface area contributed by atoms with Gasteiger partial charge in [0.1, 0.15) is 0 Å². The van der Waals surface area contributed by atoms with E-state index >= 15 is 0 Å². The van der Waals surface area contributed by atoms with Crippen LogP contribution in [0.1, 0.15) is 50.8 Å². The Morgan fingerprint density at radius 2 is 1.72 bits per heavy atom. The number of halogens is 3. The molecule has 1 saturated heterocycles. The second kappa shape index (κ2) is 8.63. The van der Waals surface area contributed by atoms with Crippen LogP contribution in [0.25, 0.3) is 0 Å². The number of nitrogens with zero attached hydrogens (tertiary/aromatic N) is 2. The minimum absolute atomic E-state index is 0.0830. The molecule has 0 saturated carbocycles. The van der Waals surface area contributed by atoms with Gasteiger partial charge in [-0.3, -0.25) is 4.79 Å². The number of hydrogen-bond acceptors (Lipinski definition) is 2.